The highest BCUT2D eigenvalue weighted by Gasteiger charge is 2.23. The van der Waals surface area contributed by atoms with E-state index in [1.54, 1.807) is 17.0 Å². The van der Waals surface area contributed by atoms with Gasteiger partial charge in [-0.2, -0.15) is 0 Å². The van der Waals surface area contributed by atoms with Crippen LogP contribution in [0.5, 0.6) is 0 Å². The lowest BCUT2D eigenvalue weighted by molar-refractivity contribution is -0.117. The third kappa shape index (κ3) is 4.62. The minimum absolute atomic E-state index is 0.143. The summed E-state index contributed by atoms with van der Waals surface area (Å²) in [5.41, 5.74) is 2.37. The van der Waals surface area contributed by atoms with Gasteiger partial charge < -0.3 is 19.9 Å². The topological polar surface area (TPSA) is 74.8 Å². The zero-order valence-corrected chi connectivity index (χ0v) is 17.5. The summed E-state index contributed by atoms with van der Waals surface area (Å²) in [5, 5.41) is 2.93. The van der Waals surface area contributed by atoms with E-state index < -0.39 is 0 Å². The first-order valence-electron chi connectivity index (χ1n) is 10.5. The Bertz CT molecular complexity index is 888. The molecule has 0 bridgehead atoms. The summed E-state index contributed by atoms with van der Waals surface area (Å²) in [6.07, 6.45) is 3.66. The van der Waals surface area contributed by atoms with Crippen LogP contribution < -0.4 is 15.1 Å². The van der Waals surface area contributed by atoms with Crippen LogP contribution >= 0.6 is 0 Å². The van der Waals surface area contributed by atoms with Gasteiger partial charge in [0, 0.05) is 50.0 Å². The molecule has 1 N–H and O–H groups in total. The van der Waals surface area contributed by atoms with E-state index >= 15 is 0 Å². The van der Waals surface area contributed by atoms with Gasteiger partial charge in [0.15, 0.2) is 0 Å². The number of nitrogens with one attached hydrogen (secondary N) is 1. The molecule has 2 aliphatic heterocycles. The molecule has 2 atom stereocenters. The Balaban J connectivity index is 1.32. The second-order valence-corrected chi connectivity index (χ2v) is 8.07. The fourth-order valence-corrected chi connectivity index (χ4v) is 4.07. The van der Waals surface area contributed by atoms with Crippen molar-refractivity contribution in [3.63, 3.8) is 0 Å². The van der Waals surface area contributed by atoms with E-state index in [-0.39, 0.29) is 24.0 Å². The number of nitrogens with zero attached hydrogens (tertiary/aromatic N) is 3. The quantitative estimate of drug-likeness (QED) is 0.823. The number of pyridine rings is 1. The number of hydrogen-bond acceptors (Lipinski definition) is 5. The molecule has 0 spiro atoms. The maximum absolute atomic E-state index is 12.5. The second-order valence-electron chi connectivity index (χ2n) is 8.07. The number of benzene rings is 1. The van der Waals surface area contributed by atoms with Gasteiger partial charge >= 0.3 is 0 Å². The number of morpholine rings is 1. The van der Waals surface area contributed by atoms with E-state index in [1.165, 1.54) is 0 Å². The van der Waals surface area contributed by atoms with E-state index in [2.05, 4.69) is 29.0 Å². The maximum Gasteiger partial charge on any atom is 0.251 e. The van der Waals surface area contributed by atoms with Gasteiger partial charge in [0.25, 0.3) is 5.91 Å². The van der Waals surface area contributed by atoms with Crippen LogP contribution in [-0.4, -0.2) is 48.6 Å². The largest absolute Gasteiger partial charge is 0.372 e. The molecule has 4 rings (SSSR count). The number of amides is 2. The molecule has 2 unspecified atom stereocenters. The van der Waals surface area contributed by atoms with Gasteiger partial charge in [0.2, 0.25) is 5.91 Å². The predicted molar refractivity (Wildman–Crippen MR) is 116 cm³/mol. The summed E-state index contributed by atoms with van der Waals surface area (Å²) in [6.45, 7) is 6.95. The Morgan fingerprint density at radius 1 is 1.13 bits per heavy atom. The second kappa shape index (κ2) is 8.83. The van der Waals surface area contributed by atoms with Crippen molar-refractivity contribution in [1.82, 2.24) is 10.3 Å². The Hall–Kier alpha value is -2.93. The predicted octanol–water partition coefficient (Wildman–Crippen LogP) is 2.75. The summed E-state index contributed by atoms with van der Waals surface area (Å²) in [4.78, 5) is 32.9. The van der Waals surface area contributed by atoms with Crippen molar-refractivity contribution in [2.75, 3.05) is 29.4 Å². The molecule has 7 nitrogen and oxygen atoms in total. The fourth-order valence-electron chi connectivity index (χ4n) is 4.07. The molecule has 2 aromatic rings. The van der Waals surface area contributed by atoms with Gasteiger partial charge in [-0.05, 0) is 56.2 Å². The lowest BCUT2D eigenvalue weighted by Crippen LogP contribution is -2.45. The van der Waals surface area contributed by atoms with Crippen molar-refractivity contribution >= 4 is 23.3 Å². The summed E-state index contributed by atoms with van der Waals surface area (Å²) in [5.74, 6) is 0.928. The van der Waals surface area contributed by atoms with Crippen LogP contribution in [0, 0.1) is 0 Å². The molecule has 7 heteroatoms. The molecular formula is C23H28N4O3. The van der Waals surface area contributed by atoms with Gasteiger partial charge in [0.1, 0.15) is 5.82 Å². The molecule has 2 aliphatic rings. The first-order valence-corrected chi connectivity index (χ1v) is 10.5. The fraction of sp³-hybridized carbons (Fsp3) is 0.435. The van der Waals surface area contributed by atoms with Crippen LogP contribution in [0.4, 0.5) is 11.5 Å². The van der Waals surface area contributed by atoms with Crippen molar-refractivity contribution in [3.8, 4) is 0 Å². The van der Waals surface area contributed by atoms with Gasteiger partial charge in [-0.1, -0.05) is 6.07 Å². The van der Waals surface area contributed by atoms with Crippen molar-refractivity contribution in [1.29, 1.82) is 0 Å². The van der Waals surface area contributed by atoms with Crippen LogP contribution in [0.15, 0.2) is 42.6 Å². The van der Waals surface area contributed by atoms with Crippen molar-refractivity contribution in [2.24, 2.45) is 0 Å². The Labute approximate surface area is 177 Å². The number of carbonyl (C=O) groups is 2. The van der Waals surface area contributed by atoms with Crippen molar-refractivity contribution < 1.29 is 14.3 Å². The van der Waals surface area contributed by atoms with Gasteiger partial charge in [-0.3, -0.25) is 9.59 Å². The molecule has 2 saturated heterocycles. The first-order chi connectivity index (χ1) is 14.5. The highest BCUT2D eigenvalue weighted by atomic mass is 16.5. The molecule has 30 heavy (non-hydrogen) atoms. The third-order valence-electron chi connectivity index (χ3n) is 5.52. The molecule has 0 saturated carbocycles. The molecule has 2 fully saturated rings. The third-order valence-corrected chi connectivity index (χ3v) is 5.52. The van der Waals surface area contributed by atoms with Crippen LogP contribution in [0.25, 0.3) is 0 Å². The average molecular weight is 409 g/mol. The van der Waals surface area contributed by atoms with E-state index in [9.17, 15) is 9.59 Å². The van der Waals surface area contributed by atoms with Crippen LogP contribution in [0.1, 0.15) is 42.6 Å². The minimum atomic E-state index is -0.144. The number of aromatic nitrogens is 1. The summed E-state index contributed by atoms with van der Waals surface area (Å²) < 4.78 is 5.77. The van der Waals surface area contributed by atoms with Crippen LogP contribution in [-0.2, 0) is 16.1 Å². The zero-order chi connectivity index (χ0) is 21.1. The summed E-state index contributed by atoms with van der Waals surface area (Å²) in [7, 11) is 0. The SMILES string of the molecule is CC1CN(c2ccc(CNC(=O)c3ccc(N4CCCC4=O)cc3)cn2)CC(C)O1. The van der Waals surface area contributed by atoms with Gasteiger partial charge in [-0.15, -0.1) is 0 Å². The average Bonchev–Trinajstić information content (AvgIpc) is 3.17. The number of rotatable bonds is 5. The van der Waals surface area contributed by atoms with E-state index in [1.807, 2.05) is 30.5 Å². The molecule has 158 valence electrons. The zero-order valence-electron chi connectivity index (χ0n) is 17.5. The molecule has 0 aliphatic carbocycles. The molecule has 2 amide bonds. The molecule has 0 radical (unpaired) electrons. The van der Waals surface area contributed by atoms with Crippen molar-refractivity contribution in [3.05, 3.63) is 53.7 Å². The Kier molecular flexibility index (Phi) is 5.99. The number of ether oxygens (including phenoxy) is 1. The number of hydrogen-bond donors (Lipinski definition) is 1. The lowest BCUT2D eigenvalue weighted by Gasteiger charge is -2.36. The summed E-state index contributed by atoms with van der Waals surface area (Å²) >= 11 is 0. The number of anilines is 2. The molecular weight excluding hydrogens is 380 g/mol. The monoisotopic (exact) mass is 408 g/mol. The Morgan fingerprint density at radius 3 is 2.47 bits per heavy atom. The Morgan fingerprint density at radius 2 is 1.87 bits per heavy atom. The van der Waals surface area contributed by atoms with Crippen LogP contribution in [0.2, 0.25) is 0 Å². The van der Waals surface area contributed by atoms with E-state index in [4.69, 9.17) is 4.74 Å². The normalized spacial score (nSPS) is 21.7. The van der Waals surface area contributed by atoms with Gasteiger partial charge in [0.05, 0.1) is 12.2 Å². The highest BCUT2D eigenvalue weighted by molar-refractivity contribution is 5.97. The summed E-state index contributed by atoms with van der Waals surface area (Å²) in [6, 6.07) is 11.2. The van der Waals surface area contributed by atoms with E-state index in [0.29, 0.717) is 18.5 Å². The van der Waals surface area contributed by atoms with Crippen LogP contribution in [0.3, 0.4) is 0 Å². The maximum atomic E-state index is 12.5. The molecule has 1 aromatic heterocycles. The molecule has 3 heterocycles. The number of carbonyl (C=O) groups excluding carboxylic acids is 2. The molecule has 1 aromatic carbocycles. The highest BCUT2D eigenvalue weighted by Crippen LogP contribution is 2.22. The first kappa shape index (κ1) is 20.3. The standard InChI is InChI=1S/C23H28N4O3/c1-16-14-26(15-17(2)30-16)21-10-5-18(12-24-21)13-25-23(29)19-6-8-20(9-7-19)27-11-3-4-22(27)28/h5-10,12,16-17H,3-4,11,13-15H2,1-2H3,(H,25,29). The smallest absolute Gasteiger partial charge is 0.251 e. The van der Waals surface area contributed by atoms with E-state index in [0.717, 1.165) is 43.1 Å². The lowest BCUT2D eigenvalue weighted by atomic mass is 10.1. The van der Waals surface area contributed by atoms with Gasteiger partial charge in [-0.25, -0.2) is 4.98 Å². The van der Waals surface area contributed by atoms with Crippen molar-refractivity contribution in [2.45, 2.75) is 45.4 Å². The minimum Gasteiger partial charge on any atom is -0.372 e.